The molecule has 1 aromatic rings. The lowest BCUT2D eigenvalue weighted by Gasteiger charge is -2.21. The Morgan fingerprint density at radius 1 is 1.25 bits per heavy atom. The Labute approximate surface area is 99.1 Å². The van der Waals surface area contributed by atoms with Crippen LogP contribution in [-0.4, -0.2) is 16.1 Å². The van der Waals surface area contributed by atoms with Crippen molar-refractivity contribution >= 4 is 0 Å². The Bertz CT molecular complexity index is 302. The van der Waals surface area contributed by atoms with Gasteiger partial charge in [0, 0.05) is 24.5 Å². The molecule has 0 aliphatic carbocycles. The van der Waals surface area contributed by atoms with Crippen molar-refractivity contribution in [3.8, 4) is 0 Å². The van der Waals surface area contributed by atoms with Crippen molar-refractivity contribution in [3.05, 3.63) is 18.2 Å². The fraction of sp³-hybridized carbons (Fsp3) is 0.769. The predicted molar refractivity (Wildman–Crippen MR) is 68.3 cm³/mol. The minimum atomic E-state index is 0.399. The smallest absolute Gasteiger partial charge is 0.0951 e. The topological polar surface area (TPSA) is 43.8 Å². The molecular formula is C13H25N3. The van der Waals surface area contributed by atoms with Gasteiger partial charge in [-0.3, -0.25) is 0 Å². The first-order valence-corrected chi connectivity index (χ1v) is 6.25. The molecular weight excluding hydrogens is 198 g/mol. The predicted octanol–water partition coefficient (Wildman–Crippen LogP) is 2.63. The van der Waals surface area contributed by atoms with Crippen molar-refractivity contribution in [2.24, 2.45) is 17.6 Å². The molecule has 0 saturated carbocycles. The van der Waals surface area contributed by atoms with Gasteiger partial charge in [-0.05, 0) is 24.7 Å². The Morgan fingerprint density at radius 3 is 2.44 bits per heavy atom. The van der Waals surface area contributed by atoms with Gasteiger partial charge in [0.25, 0.3) is 0 Å². The molecule has 1 unspecified atom stereocenters. The third-order valence-electron chi connectivity index (χ3n) is 2.77. The summed E-state index contributed by atoms with van der Waals surface area (Å²) in [5.41, 5.74) is 7.17. The first kappa shape index (κ1) is 13.2. The number of rotatable bonds is 6. The maximum absolute atomic E-state index is 5.86. The average Bonchev–Trinajstić information content (AvgIpc) is 2.61. The van der Waals surface area contributed by atoms with E-state index in [1.54, 1.807) is 0 Å². The van der Waals surface area contributed by atoms with Gasteiger partial charge in [0.05, 0.1) is 6.33 Å². The van der Waals surface area contributed by atoms with E-state index in [1.807, 2.05) is 12.5 Å². The van der Waals surface area contributed by atoms with Gasteiger partial charge in [-0.1, -0.05) is 27.7 Å². The van der Waals surface area contributed by atoms with Crippen molar-refractivity contribution in [2.75, 3.05) is 6.54 Å². The van der Waals surface area contributed by atoms with E-state index in [0.29, 0.717) is 24.4 Å². The highest BCUT2D eigenvalue weighted by atomic mass is 15.1. The Balaban J connectivity index is 2.79. The zero-order chi connectivity index (χ0) is 12.1. The minimum absolute atomic E-state index is 0.399. The molecule has 1 aromatic heterocycles. The molecule has 0 bridgehead atoms. The zero-order valence-corrected chi connectivity index (χ0v) is 11.0. The number of aromatic nitrogens is 2. The molecule has 0 aliphatic rings. The lowest BCUT2D eigenvalue weighted by molar-refractivity contribution is 0.394. The van der Waals surface area contributed by atoms with E-state index in [2.05, 4.69) is 37.2 Å². The van der Waals surface area contributed by atoms with E-state index < -0.39 is 0 Å². The summed E-state index contributed by atoms with van der Waals surface area (Å²) in [4.78, 5) is 4.26. The molecule has 3 nitrogen and oxygen atoms in total. The van der Waals surface area contributed by atoms with Crippen LogP contribution in [-0.2, 0) is 6.42 Å². The summed E-state index contributed by atoms with van der Waals surface area (Å²) in [5, 5.41) is 0. The van der Waals surface area contributed by atoms with E-state index in [0.717, 1.165) is 12.8 Å². The van der Waals surface area contributed by atoms with Gasteiger partial charge in [0.15, 0.2) is 0 Å². The molecule has 92 valence electrons. The number of imidazole rings is 1. The SMILES string of the molecule is CC(C)Cc1cncn1C(CN)CC(C)C. The van der Waals surface area contributed by atoms with Crippen LogP contribution in [0.1, 0.15) is 45.9 Å². The molecule has 16 heavy (non-hydrogen) atoms. The summed E-state index contributed by atoms with van der Waals surface area (Å²) < 4.78 is 2.26. The van der Waals surface area contributed by atoms with Crippen LogP contribution in [0.3, 0.4) is 0 Å². The second-order valence-corrected chi connectivity index (χ2v) is 5.41. The summed E-state index contributed by atoms with van der Waals surface area (Å²) in [6, 6.07) is 0.399. The molecule has 1 rings (SSSR count). The van der Waals surface area contributed by atoms with Gasteiger partial charge in [-0.2, -0.15) is 0 Å². The van der Waals surface area contributed by atoms with E-state index in [4.69, 9.17) is 5.73 Å². The second-order valence-electron chi connectivity index (χ2n) is 5.41. The van der Waals surface area contributed by atoms with Crippen LogP contribution in [0.4, 0.5) is 0 Å². The van der Waals surface area contributed by atoms with E-state index >= 15 is 0 Å². The maximum atomic E-state index is 5.86. The maximum Gasteiger partial charge on any atom is 0.0951 e. The molecule has 0 aromatic carbocycles. The van der Waals surface area contributed by atoms with Crippen molar-refractivity contribution in [2.45, 2.75) is 46.6 Å². The van der Waals surface area contributed by atoms with E-state index in [-0.39, 0.29) is 0 Å². The fourth-order valence-electron chi connectivity index (χ4n) is 2.10. The zero-order valence-electron chi connectivity index (χ0n) is 11.0. The quantitative estimate of drug-likeness (QED) is 0.805. The van der Waals surface area contributed by atoms with E-state index in [9.17, 15) is 0 Å². The third kappa shape index (κ3) is 3.63. The van der Waals surface area contributed by atoms with Gasteiger partial charge >= 0.3 is 0 Å². The summed E-state index contributed by atoms with van der Waals surface area (Å²) in [6.07, 6.45) is 6.10. The molecule has 1 atom stereocenters. The Kier molecular flexibility index (Phi) is 5.00. The molecule has 0 fully saturated rings. The third-order valence-corrected chi connectivity index (χ3v) is 2.77. The van der Waals surface area contributed by atoms with Gasteiger partial charge in [-0.25, -0.2) is 4.98 Å². The summed E-state index contributed by atoms with van der Waals surface area (Å²) in [5.74, 6) is 1.33. The first-order chi connectivity index (χ1) is 7.54. The molecule has 3 heteroatoms. The van der Waals surface area contributed by atoms with Crippen LogP contribution < -0.4 is 5.73 Å². The van der Waals surface area contributed by atoms with Gasteiger partial charge in [-0.15, -0.1) is 0 Å². The Hall–Kier alpha value is -0.830. The molecule has 0 aliphatic heterocycles. The lowest BCUT2D eigenvalue weighted by atomic mass is 10.0. The fourth-order valence-corrected chi connectivity index (χ4v) is 2.10. The minimum Gasteiger partial charge on any atom is -0.330 e. The highest BCUT2D eigenvalue weighted by Crippen LogP contribution is 2.19. The van der Waals surface area contributed by atoms with Crippen molar-refractivity contribution in [1.29, 1.82) is 0 Å². The number of hydrogen-bond donors (Lipinski definition) is 1. The molecule has 0 amide bonds. The first-order valence-electron chi connectivity index (χ1n) is 6.25. The normalized spacial score (nSPS) is 13.7. The van der Waals surface area contributed by atoms with Crippen LogP contribution in [0.15, 0.2) is 12.5 Å². The number of hydrogen-bond acceptors (Lipinski definition) is 2. The van der Waals surface area contributed by atoms with E-state index in [1.165, 1.54) is 5.69 Å². The van der Waals surface area contributed by atoms with Gasteiger partial charge < -0.3 is 10.3 Å². The van der Waals surface area contributed by atoms with Crippen molar-refractivity contribution in [3.63, 3.8) is 0 Å². The molecule has 2 N–H and O–H groups in total. The highest BCUT2D eigenvalue weighted by Gasteiger charge is 2.14. The second kappa shape index (κ2) is 6.04. The van der Waals surface area contributed by atoms with Crippen LogP contribution >= 0.6 is 0 Å². The van der Waals surface area contributed by atoms with Crippen LogP contribution in [0, 0.1) is 11.8 Å². The molecule has 0 saturated heterocycles. The summed E-state index contributed by atoms with van der Waals surface area (Å²) >= 11 is 0. The highest BCUT2D eigenvalue weighted by molar-refractivity contribution is 5.01. The van der Waals surface area contributed by atoms with Crippen LogP contribution in [0.25, 0.3) is 0 Å². The molecule has 0 radical (unpaired) electrons. The monoisotopic (exact) mass is 223 g/mol. The van der Waals surface area contributed by atoms with Crippen LogP contribution in [0.5, 0.6) is 0 Å². The summed E-state index contributed by atoms with van der Waals surface area (Å²) in [7, 11) is 0. The lowest BCUT2D eigenvalue weighted by Crippen LogP contribution is -2.22. The van der Waals surface area contributed by atoms with Crippen molar-refractivity contribution < 1.29 is 0 Å². The van der Waals surface area contributed by atoms with Gasteiger partial charge in [0.1, 0.15) is 0 Å². The average molecular weight is 223 g/mol. The van der Waals surface area contributed by atoms with Gasteiger partial charge in [0.2, 0.25) is 0 Å². The van der Waals surface area contributed by atoms with Crippen LogP contribution in [0.2, 0.25) is 0 Å². The summed E-state index contributed by atoms with van der Waals surface area (Å²) in [6.45, 7) is 9.64. The largest absolute Gasteiger partial charge is 0.330 e. The standard InChI is InChI=1S/C13H25N3/c1-10(2)5-12(7-14)16-9-15-8-13(16)6-11(3)4/h8-12H,5-7,14H2,1-4H3. The molecule has 1 heterocycles. The Morgan fingerprint density at radius 2 is 1.94 bits per heavy atom. The molecule has 0 spiro atoms. The van der Waals surface area contributed by atoms with Crippen molar-refractivity contribution in [1.82, 2.24) is 9.55 Å². The number of nitrogens with zero attached hydrogens (tertiary/aromatic N) is 2. The number of nitrogens with two attached hydrogens (primary N) is 1.